The van der Waals surface area contributed by atoms with Crippen molar-refractivity contribution >= 4 is 5.97 Å². The van der Waals surface area contributed by atoms with Crippen LogP contribution < -0.4 is 0 Å². The van der Waals surface area contributed by atoms with E-state index in [-0.39, 0.29) is 5.82 Å². The number of carbonyl (C=O) groups is 1. The van der Waals surface area contributed by atoms with Crippen LogP contribution in [0.3, 0.4) is 0 Å². The molecule has 1 fully saturated rings. The smallest absolute Gasteiger partial charge is 0.376 e. The largest absolute Gasteiger partial charge is 0.460 e. The number of esters is 1. The highest BCUT2D eigenvalue weighted by atomic mass is 16.5. The molecule has 19 heavy (non-hydrogen) atoms. The number of aromatic nitrogens is 3. The van der Waals surface area contributed by atoms with Gasteiger partial charge in [0.1, 0.15) is 5.82 Å². The fourth-order valence-corrected chi connectivity index (χ4v) is 1.85. The number of hydrogen-bond acceptors (Lipinski definition) is 5. The molecule has 1 saturated carbocycles. The van der Waals surface area contributed by atoms with Gasteiger partial charge in [0.25, 0.3) is 0 Å². The highest BCUT2D eigenvalue weighted by Gasteiger charge is 2.21. The van der Waals surface area contributed by atoms with Crippen molar-refractivity contribution in [1.82, 2.24) is 14.8 Å². The molecule has 0 aromatic carbocycles. The van der Waals surface area contributed by atoms with E-state index >= 15 is 0 Å². The van der Waals surface area contributed by atoms with E-state index in [1.165, 1.54) is 12.8 Å². The minimum Gasteiger partial charge on any atom is -0.460 e. The molecule has 106 valence electrons. The summed E-state index contributed by atoms with van der Waals surface area (Å²) in [6.45, 7) is 6.20. The molecule has 0 bridgehead atoms. The molecular weight excluding hydrogens is 246 g/mol. The van der Waals surface area contributed by atoms with Gasteiger partial charge in [-0.1, -0.05) is 0 Å². The first-order valence-corrected chi connectivity index (χ1v) is 6.87. The lowest BCUT2D eigenvalue weighted by Crippen LogP contribution is -2.15. The van der Waals surface area contributed by atoms with E-state index in [9.17, 15) is 4.79 Å². The van der Waals surface area contributed by atoms with Crippen LogP contribution in [0, 0.1) is 12.8 Å². The first-order chi connectivity index (χ1) is 9.22. The zero-order valence-corrected chi connectivity index (χ0v) is 11.6. The average Bonchev–Trinajstić information content (AvgIpc) is 3.13. The average molecular weight is 267 g/mol. The zero-order chi connectivity index (χ0) is 13.7. The van der Waals surface area contributed by atoms with Crippen LogP contribution in [0.25, 0.3) is 0 Å². The van der Waals surface area contributed by atoms with Crippen molar-refractivity contribution < 1.29 is 14.3 Å². The Kier molecular flexibility index (Phi) is 4.90. The van der Waals surface area contributed by atoms with Gasteiger partial charge in [-0.3, -0.25) is 0 Å². The maximum absolute atomic E-state index is 11.7. The van der Waals surface area contributed by atoms with Crippen LogP contribution in [-0.2, 0) is 16.0 Å². The fraction of sp³-hybridized carbons (Fsp3) is 0.769. The molecule has 0 saturated heterocycles. The molecule has 6 nitrogen and oxygen atoms in total. The molecule has 1 aromatic rings. The number of rotatable bonds is 8. The van der Waals surface area contributed by atoms with E-state index in [1.54, 1.807) is 11.5 Å². The summed E-state index contributed by atoms with van der Waals surface area (Å²) in [5, 5.41) is 7.80. The molecular formula is C13H21N3O3. The maximum atomic E-state index is 11.7. The number of hydrogen-bond donors (Lipinski definition) is 0. The second-order valence-electron chi connectivity index (χ2n) is 4.81. The molecule has 0 N–H and O–H groups in total. The van der Waals surface area contributed by atoms with Crippen molar-refractivity contribution in [3.05, 3.63) is 11.6 Å². The van der Waals surface area contributed by atoms with E-state index in [0.29, 0.717) is 19.8 Å². The van der Waals surface area contributed by atoms with Gasteiger partial charge >= 0.3 is 5.97 Å². The van der Waals surface area contributed by atoms with Crippen LogP contribution in [0.4, 0.5) is 0 Å². The van der Waals surface area contributed by atoms with Crippen molar-refractivity contribution in [3.8, 4) is 0 Å². The number of ether oxygens (including phenoxy) is 2. The lowest BCUT2D eigenvalue weighted by Gasteiger charge is -2.08. The van der Waals surface area contributed by atoms with Crippen LogP contribution in [0.15, 0.2) is 0 Å². The van der Waals surface area contributed by atoms with Crippen LogP contribution >= 0.6 is 0 Å². The quantitative estimate of drug-likeness (QED) is 0.528. The second kappa shape index (κ2) is 6.65. The van der Waals surface area contributed by atoms with Crippen molar-refractivity contribution in [3.63, 3.8) is 0 Å². The fourth-order valence-electron chi connectivity index (χ4n) is 1.85. The van der Waals surface area contributed by atoms with Crippen LogP contribution in [0.5, 0.6) is 0 Å². The van der Waals surface area contributed by atoms with E-state index in [2.05, 4.69) is 10.2 Å². The predicted molar refractivity (Wildman–Crippen MR) is 68.9 cm³/mol. The third kappa shape index (κ3) is 4.02. The van der Waals surface area contributed by atoms with Crippen LogP contribution in [0.1, 0.15) is 42.6 Å². The monoisotopic (exact) mass is 267 g/mol. The summed E-state index contributed by atoms with van der Waals surface area (Å²) < 4.78 is 12.3. The summed E-state index contributed by atoms with van der Waals surface area (Å²) in [5.74, 6) is 1.38. The van der Waals surface area contributed by atoms with Crippen LogP contribution in [0.2, 0.25) is 0 Å². The molecule has 6 heteroatoms. The minimum absolute atomic E-state index is 0.279. The Morgan fingerprint density at radius 2 is 2.21 bits per heavy atom. The highest BCUT2D eigenvalue weighted by Crippen LogP contribution is 2.28. The third-order valence-electron chi connectivity index (χ3n) is 3.11. The normalized spacial score (nSPS) is 14.6. The van der Waals surface area contributed by atoms with Gasteiger partial charge in [0, 0.05) is 19.8 Å². The third-order valence-corrected chi connectivity index (χ3v) is 3.11. The van der Waals surface area contributed by atoms with Gasteiger partial charge in [0.05, 0.1) is 6.61 Å². The molecule has 0 unspecified atom stereocenters. The van der Waals surface area contributed by atoms with Gasteiger partial charge < -0.3 is 14.0 Å². The van der Waals surface area contributed by atoms with Gasteiger partial charge in [-0.15, -0.1) is 10.2 Å². The van der Waals surface area contributed by atoms with E-state index in [4.69, 9.17) is 9.47 Å². The first-order valence-electron chi connectivity index (χ1n) is 6.87. The Hall–Kier alpha value is -1.43. The van der Waals surface area contributed by atoms with Gasteiger partial charge in [0.2, 0.25) is 5.82 Å². The van der Waals surface area contributed by atoms with Gasteiger partial charge in [-0.05, 0) is 39.0 Å². The molecule has 0 radical (unpaired) electrons. The standard InChI is InChI=1S/C13H21N3O3/c1-3-19-13(17)12-15-14-10(2)16(12)7-4-8-18-9-11-5-6-11/h11H,3-9H2,1-2H3. The van der Waals surface area contributed by atoms with Gasteiger partial charge in [-0.25, -0.2) is 4.79 Å². The molecule has 1 heterocycles. The number of carbonyl (C=O) groups excluding carboxylic acids is 1. The summed E-state index contributed by atoms with van der Waals surface area (Å²) >= 11 is 0. The lowest BCUT2D eigenvalue weighted by molar-refractivity contribution is 0.0503. The Balaban J connectivity index is 1.80. The van der Waals surface area contributed by atoms with Gasteiger partial charge in [0.15, 0.2) is 0 Å². The molecule has 2 rings (SSSR count). The SMILES string of the molecule is CCOC(=O)c1nnc(C)n1CCCOCC1CC1. The molecule has 0 atom stereocenters. The Labute approximate surface area is 113 Å². The Bertz CT molecular complexity index is 427. The molecule has 1 aliphatic carbocycles. The summed E-state index contributed by atoms with van der Waals surface area (Å²) in [7, 11) is 0. The second-order valence-corrected chi connectivity index (χ2v) is 4.81. The molecule has 0 aliphatic heterocycles. The molecule has 0 amide bonds. The highest BCUT2D eigenvalue weighted by molar-refractivity contribution is 5.85. The summed E-state index contributed by atoms with van der Waals surface area (Å²) in [6.07, 6.45) is 3.45. The predicted octanol–water partition coefficient (Wildman–Crippen LogP) is 1.58. The Morgan fingerprint density at radius 3 is 2.89 bits per heavy atom. The summed E-state index contributed by atoms with van der Waals surface area (Å²) in [6, 6.07) is 0. The summed E-state index contributed by atoms with van der Waals surface area (Å²) in [5.41, 5.74) is 0. The number of nitrogens with zero attached hydrogens (tertiary/aromatic N) is 3. The Morgan fingerprint density at radius 1 is 1.42 bits per heavy atom. The zero-order valence-electron chi connectivity index (χ0n) is 11.6. The topological polar surface area (TPSA) is 66.2 Å². The maximum Gasteiger partial charge on any atom is 0.376 e. The van der Waals surface area contributed by atoms with Crippen molar-refractivity contribution in [2.75, 3.05) is 19.8 Å². The molecule has 1 aromatic heterocycles. The molecule has 1 aliphatic rings. The summed E-state index contributed by atoms with van der Waals surface area (Å²) in [4.78, 5) is 11.7. The number of aryl methyl sites for hydroxylation is 1. The van der Waals surface area contributed by atoms with Crippen molar-refractivity contribution in [2.45, 2.75) is 39.7 Å². The van der Waals surface area contributed by atoms with Crippen LogP contribution in [-0.4, -0.2) is 40.6 Å². The minimum atomic E-state index is -0.415. The van der Waals surface area contributed by atoms with E-state index < -0.39 is 5.97 Å². The van der Waals surface area contributed by atoms with Crippen molar-refractivity contribution in [2.24, 2.45) is 5.92 Å². The van der Waals surface area contributed by atoms with Crippen molar-refractivity contribution in [1.29, 1.82) is 0 Å². The van der Waals surface area contributed by atoms with Gasteiger partial charge in [-0.2, -0.15) is 0 Å². The first kappa shape index (κ1) is 14.0. The van der Waals surface area contributed by atoms with E-state index in [0.717, 1.165) is 24.8 Å². The lowest BCUT2D eigenvalue weighted by atomic mass is 10.4. The van der Waals surface area contributed by atoms with E-state index in [1.807, 2.05) is 6.92 Å². The molecule has 0 spiro atoms.